The van der Waals surface area contributed by atoms with Crippen LogP contribution in [0, 0.1) is 46.3 Å². The number of H-pyrrole nitrogens is 1. The van der Waals surface area contributed by atoms with E-state index in [0.717, 1.165) is 108 Å². The van der Waals surface area contributed by atoms with Crippen LogP contribution in [0.2, 0.25) is 0 Å². The molecule has 0 radical (unpaired) electrons. The molecule has 3 aromatic rings. The second-order valence-electron chi connectivity index (χ2n) is 15.6. The van der Waals surface area contributed by atoms with E-state index in [-0.39, 0.29) is 22.6 Å². The summed E-state index contributed by atoms with van der Waals surface area (Å²) in [5.74, 6) is 5.82. The van der Waals surface area contributed by atoms with Gasteiger partial charge in [0.15, 0.2) is 0 Å². The molecule has 0 spiro atoms. The van der Waals surface area contributed by atoms with Crippen LogP contribution < -0.4 is 10.6 Å². The van der Waals surface area contributed by atoms with E-state index in [1.807, 2.05) is 42.6 Å². The second-order valence-corrected chi connectivity index (χ2v) is 15.6. The van der Waals surface area contributed by atoms with E-state index >= 15 is 0 Å². The smallest absolute Gasteiger partial charge is 0.230 e. The van der Waals surface area contributed by atoms with Crippen LogP contribution in [0.5, 0.6) is 0 Å². The normalized spacial score (nSPS) is 36.6. The maximum Gasteiger partial charge on any atom is 0.230 e. The number of carbonyl (C=O) groups is 2. The van der Waals surface area contributed by atoms with Gasteiger partial charge in [0.25, 0.3) is 0 Å². The maximum absolute atomic E-state index is 13.5. The number of rotatable bonds is 6. The van der Waals surface area contributed by atoms with Gasteiger partial charge in [-0.15, -0.1) is 0 Å². The second kappa shape index (κ2) is 9.54. The highest BCUT2D eigenvalue weighted by atomic mass is 16.2. The van der Waals surface area contributed by atoms with Crippen molar-refractivity contribution >= 4 is 23.2 Å². The van der Waals surface area contributed by atoms with Gasteiger partial charge in [-0.05, 0) is 155 Å². The van der Waals surface area contributed by atoms with Crippen molar-refractivity contribution in [2.75, 3.05) is 10.6 Å². The lowest BCUT2D eigenvalue weighted by molar-refractivity contribution is -0.141. The number of aromatic nitrogens is 2. The number of hydrogen-bond acceptors (Lipinski definition) is 3. The summed E-state index contributed by atoms with van der Waals surface area (Å²) < 4.78 is 0. The number of carbonyl (C=O) groups excluding carboxylic acids is 2. The molecule has 6 nitrogen and oxygen atoms in total. The Hall–Kier alpha value is -3.41. The first-order chi connectivity index (χ1) is 20.9. The number of benzene rings is 2. The molecular weight excluding hydrogens is 532 g/mol. The molecule has 8 fully saturated rings. The predicted octanol–water partition coefficient (Wildman–Crippen LogP) is 8.05. The van der Waals surface area contributed by atoms with Crippen molar-refractivity contribution in [1.29, 1.82) is 0 Å². The Morgan fingerprint density at radius 2 is 0.953 bits per heavy atom. The topological polar surface area (TPSA) is 86.9 Å². The van der Waals surface area contributed by atoms with Crippen molar-refractivity contribution in [3.05, 3.63) is 54.7 Å². The van der Waals surface area contributed by atoms with Crippen LogP contribution in [0.3, 0.4) is 0 Å². The van der Waals surface area contributed by atoms with Crippen molar-refractivity contribution in [3.63, 3.8) is 0 Å². The number of aromatic amines is 1. The first kappa shape index (κ1) is 26.0. The van der Waals surface area contributed by atoms with Crippen molar-refractivity contribution < 1.29 is 9.59 Å². The fourth-order valence-corrected chi connectivity index (χ4v) is 11.4. The van der Waals surface area contributed by atoms with Gasteiger partial charge in [-0.3, -0.25) is 9.59 Å². The molecule has 2 aromatic carbocycles. The summed E-state index contributed by atoms with van der Waals surface area (Å²) in [5, 5.41) is 6.53. The number of imidazole rings is 1. The van der Waals surface area contributed by atoms with Crippen LogP contribution in [-0.2, 0) is 9.59 Å². The minimum Gasteiger partial charge on any atom is -0.338 e. The Morgan fingerprint density at radius 1 is 0.581 bits per heavy atom. The zero-order valence-electron chi connectivity index (χ0n) is 24.9. The average Bonchev–Trinajstić information content (AvgIpc) is 3.47. The Bertz CT molecular complexity index is 1380. The Balaban J connectivity index is 0.847. The number of nitrogens with zero attached hydrogens (tertiary/aromatic N) is 1. The predicted molar refractivity (Wildman–Crippen MR) is 168 cm³/mol. The molecule has 222 valence electrons. The Morgan fingerprint density at radius 3 is 1.35 bits per heavy atom. The van der Waals surface area contributed by atoms with Gasteiger partial charge in [0.1, 0.15) is 5.82 Å². The van der Waals surface area contributed by atoms with Crippen molar-refractivity contribution in [2.45, 2.75) is 77.0 Å². The fourth-order valence-electron chi connectivity index (χ4n) is 11.4. The third-order valence-electron chi connectivity index (χ3n) is 12.5. The molecule has 8 aliphatic carbocycles. The van der Waals surface area contributed by atoms with Crippen molar-refractivity contribution in [3.8, 4) is 22.6 Å². The Kier molecular flexibility index (Phi) is 5.78. The largest absolute Gasteiger partial charge is 0.338 e. The monoisotopic (exact) mass is 574 g/mol. The zero-order chi connectivity index (χ0) is 28.8. The molecule has 43 heavy (non-hydrogen) atoms. The highest BCUT2D eigenvalue weighted by molar-refractivity contribution is 5.96. The van der Waals surface area contributed by atoms with E-state index in [1.165, 1.54) is 38.5 Å². The first-order valence-corrected chi connectivity index (χ1v) is 16.8. The molecule has 3 N–H and O–H groups in total. The molecule has 6 heteroatoms. The van der Waals surface area contributed by atoms with Gasteiger partial charge >= 0.3 is 0 Å². The summed E-state index contributed by atoms with van der Waals surface area (Å²) >= 11 is 0. The molecule has 0 aliphatic heterocycles. The average molecular weight is 575 g/mol. The van der Waals surface area contributed by atoms with Gasteiger partial charge in [-0.1, -0.05) is 12.1 Å². The molecular formula is C37H42N4O2. The summed E-state index contributed by atoms with van der Waals surface area (Å²) in [7, 11) is 0. The fraction of sp³-hybridized carbons (Fsp3) is 0.541. The molecule has 8 saturated carbocycles. The van der Waals surface area contributed by atoms with E-state index in [4.69, 9.17) is 0 Å². The lowest BCUT2D eigenvalue weighted by Gasteiger charge is -2.55. The van der Waals surface area contributed by atoms with Crippen molar-refractivity contribution in [2.24, 2.45) is 46.3 Å². The molecule has 2 amide bonds. The summed E-state index contributed by atoms with van der Waals surface area (Å²) in [6, 6.07) is 16.2. The SMILES string of the molecule is O=C(Nc1ccc(-c2cnc(-c3ccc(NC(=O)C45CC6CC(CC(C6)C4)C5)cc3)[nH]2)cc1)C12CC3CC(CC(C3)C1)C2. The molecule has 11 rings (SSSR count). The molecule has 8 bridgehead atoms. The minimum atomic E-state index is -0.142. The standard InChI is InChI=1S/C37H42N4O2/c42-34(36-15-22-9-23(16-36)11-24(10-22)17-36)39-30-5-1-28(2-6-30)32-21-38-33(41-32)29-3-7-31(8-4-29)40-35(43)37-18-25-12-26(19-37)14-27(13-25)20-37/h1-8,21-27H,9-20H2,(H,38,41)(H,39,42)(H,40,43). The van der Waals surface area contributed by atoms with Crippen LogP contribution in [-0.4, -0.2) is 21.8 Å². The van der Waals surface area contributed by atoms with Gasteiger partial charge in [0.05, 0.1) is 22.7 Å². The molecule has 0 saturated heterocycles. The molecule has 0 atom stereocenters. The lowest BCUT2D eigenvalue weighted by atomic mass is 9.49. The van der Waals surface area contributed by atoms with E-state index < -0.39 is 0 Å². The summed E-state index contributed by atoms with van der Waals surface area (Å²) in [6.45, 7) is 0. The minimum absolute atomic E-state index is 0.140. The van der Waals surface area contributed by atoms with Gasteiger partial charge in [0.2, 0.25) is 11.8 Å². The third-order valence-corrected chi connectivity index (χ3v) is 12.5. The van der Waals surface area contributed by atoms with Crippen molar-refractivity contribution in [1.82, 2.24) is 9.97 Å². The zero-order valence-corrected chi connectivity index (χ0v) is 24.9. The van der Waals surface area contributed by atoms with E-state index in [0.29, 0.717) is 0 Å². The van der Waals surface area contributed by atoms with Crippen LogP contribution in [0.25, 0.3) is 22.6 Å². The van der Waals surface area contributed by atoms with E-state index in [9.17, 15) is 9.59 Å². The maximum atomic E-state index is 13.5. The molecule has 0 unspecified atom stereocenters. The highest BCUT2D eigenvalue weighted by Crippen LogP contribution is 2.61. The summed E-state index contributed by atoms with van der Waals surface area (Å²) in [5.41, 5.74) is 4.41. The quantitative estimate of drug-likeness (QED) is 0.278. The van der Waals surface area contributed by atoms with Gasteiger partial charge in [-0.25, -0.2) is 4.98 Å². The number of nitrogens with one attached hydrogen (secondary N) is 3. The first-order valence-electron chi connectivity index (χ1n) is 16.8. The van der Waals surface area contributed by atoms with E-state index in [2.05, 4.69) is 32.7 Å². The Labute approximate surface area is 253 Å². The number of hydrogen-bond donors (Lipinski definition) is 3. The lowest BCUT2D eigenvalue weighted by Crippen LogP contribution is -2.51. The summed E-state index contributed by atoms with van der Waals surface area (Å²) in [4.78, 5) is 35.0. The van der Waals surface area contributed by atoms with E-state index in [1.54, 1.807) is 0 Å². The summed E-state index contributed by atoms with van der Waals surface area (Å²) in [6.07, 6.45) is 16.4. The van der Waals surface area contributed by atoms with Gasteiger partial charge < -0.3 is 15.6 Å². The number of amides is 2. The molecule has 1 heterocycles. The molecule has 1 aromatic heterocycles. The highest BCUT2D eigenvalue weighted by Gasteiger charge is 2.55. The van der Waals surface area contributed by atoms with Crippen LogP contribution in [0.4, 0.5) is 11.4 Å². The van der Waals surface area contributed by atoms with Crippen LogP contribution >= 0.6 is 0 Å². The van der Waals surface area contributed by atoms with Gasteiger partial charge in [-0.2, -0.15) is 0 Å². The molecule has 8 aliphatic rings. The van der Waals surface area contributed by atoms with Crippen LogP contribution in [0.1, 0.15) is 77.0 Å². The van der Waals surface area contributed by atoms with Gasteiger partial charge in [0, 0.05) is 16.9 Å². The third kappa shape index (κ3) is 4.46. The number of anilines is 2. The van der Waals surface area contributed by atoms with Crippen LogP contribution in [0.15, 0.2) is 54.7 Å².